The minimum atomic E-state index is -0.188. The first-order valence-electron chi connectivity index (χ1n) is 5.55. The molecule has 2 rings (SSSR count). The molecule has 0 radical (unpaired) electrons. The molecule has 0 spiro atoms. The second-order valence-electron chi connectivity index (χ2n) is 4.37. The summed E-state index contributed by atoms with van der Waals surface area (Å²) in [5.74, 6) is 0.423. The molecule has 0 amide bonds. The standard InChI is InChI=1S/C12H16BrFN2/c13-11-2-1-9(5-12(11)14)7-16-4-3-10(6-15)8-16/h1-2,5,10H,3-4,6-8,15H2. The Hall–Kier alpha value is -0.450. The third-order valence-electron chi connectivity index (χ3n) is 3.09. The first-order chi connectivity index (χ1) is 7.69. The number of benzene rings is 1. The predicted octanol–water partition coefficient (Wildman–Crippen LogP) is 2.37. The molecule has 1 unspecified atom stereocenters. The Kier molecular flexibility index (Phi) is 3.95. The highest BCUT2D eigenvalue weighted by Crippen LogP contribution is 2.20. The minimum absolute atomic E-state index is 0.188. The van der Waals surface area contributed by atoms with Crippen molar-refractivity contribution in [3.63, 3.8) is 0 Å². The summed E-state index contributed by atoms with van der Waals surface area (Å²) in [6.07, 6.45) is 1.16. The summed E-state index contributed by atoms with van der Waals surface area (Å²) >= 11 is 3.16. The van der Waals surface area contributed by atoms with Gasteiger partial charge in [-0.2, -0.15) is 0 Å². The van der Waals surface area contributed by atoms with Crippen LogP contribution in [-0.4, -0.2) is 24.5 Å². The van der Waals surface area contributed by atoms with Gasteiger partial charge in [-0.3, -0.25) is 4.90 Å². The van der Waals surface area contributed by atoms with E-state index in [-0.39, 0.29) is 5.82 Å². The van der Waals surface area contributed by atoms with E-state index >= 15 is 0 Å². The van der Waals surface area contributed by atoms with Gasteiger partial charge in [0.2, 0.25) is 0 Å². The van der Waals surface area contributed by atoms with Crippen molar-refractivity contribution in [2.45, 2.75) is 13.0 Å². The monoisotopic (exact) mass is 286 g/mol. The molecule has 4 heteroatoms. The van der Waals surface area contributed by atoms with Crippen LogP contribution >= 0.6 is 15.9 Å². The fourth-order valence-corrected chi connectivity index (χ4v) is 2.39. The van der Waals surface area contributed by atoms with Crippen LogP contribution in [0.5, 0.6) is 0 Å². The number of likely N-dealkylation sites (tertiary alicyclic amines) is 1. The zero-order valence-corrected chi connectivity index (χ0v) is 10.7. The molecule has 2 N–H and O–H groups in total. The van der Waals surface area contributed by atoms with Crippen LogP contribution in [0.4, 0.5) is 4.39 Å². The second-order valence-corrected chi connectivity index (χ2v) is 5.23. The van der Waals surface area contributed by atoms with Crippen LogP contribution in [0, 0.1) is 11.7 Å². The number of halogens is 2. The van der Waals surface area contributed by atoms with E-state index in [1.54, 1.807) is 12.1 Å². The van der Waals surface area contributed by atoms with E-state index in [2.05, 4.69) is 20.8 Å². The third kappa shape index (κ3) is 2.81. The summed E-state index contributed by atoms with van der Waals surface area (Å²) < 4.78 is 13.8. The average Bonchev–Trinajstić information content (AvgIpc) is 2.71. The molecule has 1 aromatic carbocycles. The normalized spacial score (nSPS) is 21.6. The molecule has 1 heterocycles. The summed E-state index contributed by atoms with van der Waals surface area (Å²) in [5.41, 5.74) is 6.67. The largest absolute Gasteiger partial charge is 0.330 e. The zero-order chi connectivity index (χ0) is 11.5. The highest BCUT2D eigenvalue weighted by Gasteiger charge is 2.21. The number of nitrogens with zero attached hydrogens (tertiary/aromatic N) is 1. The molecule has 1 fully saturated rings. The van der Waals surface area contributed by atoms with Crippen LogP contribution in [0.3, 0.4) is 0 Å². The van der Waals surface area contributed by atoms with E-state index in [4.69, 9.17) is 5.73 Å². The van der Waals surface area contributed by atoms with Crippen molar-refractivity contribution in [2.75, 3.05) is 19.6 Å². The predicted molar refractivity (Wildman–Crippen MR) is 66.5 cm³/mol. The van der Waals surface area contributed by atoms with E-state index in [0.29, 0.717) is 10.4 Å². The third-order valence-corrected chi connectivity index (χ3v) is 3.74. The fraction of sp³-hybridized carbons (Fsp3) is 0.500. The molecular weight excluding hydrogens is 271 g/mol. The van der Waals surface area contributed by atoms with Gasteiger partial charge < -0.3 is 5.73 Å². The molecule has 1 aliphatic heterocycles. The number of nitrogens with two attached hydrogens (primary N) is 1. The van der Waals surface area contributed by atoms with Gasteiger partial charge >= 0.3 is 0 Å². The van der Waals surface area contributed by atoms with Crippen LogP contribution in [0.2, 0.25) is 0 Å². The van der Waals surface area contributed by atoms with Crippen molar-refractivity contribution in [2.24, 2.45) is 11.7 Å². The highest BCUT2D eigenvalue weighted by atomic mass is 79.9. The first-order valence-corrected chi connectivity index (χ1v) is 6.34. The van der Waals surface area contributed by atoms with Crippen molar-refractivity contribution >= 4 is 15.9 Å². The molecule has 16 heavy (non-hydrogen) atoms. The van der Waals surface area contributed by atoms with Crippen molar-refractivity contribution < 1.29 is 4.39 Å². The van der Waals surface area contributed by atoms with E-state index in [0.717, 1.165) is 38.2 Å². The Balaban J connectivity index is 1.97. The van der Waals surface area contributed by atoms with Crippen molar-refractivity contribution in [3.8, 4) is 0 Å². The van der Waals surface area contributed by atoms with Gasteiger partial charge in [0.05, 0.1) is 4.47 Å². The molecule has 1 saturated heterocycles. The van der Waals surface area contributed by atoms with E-state index in [1.165, 1.54) is 0 Å². The Labute approximate surface area is 104 Å². The van der Waals surface area contributed by atoms with Crippen LogP contribution in [-0.2, 0) is 6.54 Å². The van der Waals surface area contributed by atoms with Gasteiger partial charge in [-0.25, -0.2) is 4.39 Å². The van der Waals surface area contributed by atoms with Crippen molar-refractivity contribution in [3.05, 3.63) is 34.1 Å². The minimum Gasteiger partial charge on any atom is -0.330 e. The molecule has 1 aromatic rings. The Bertz CT molecular complexity index is 370. The lowest BCUT2D eigenvalue weighted by atomic mass is 10.1. The number of hydrogen-bond donors (Lipinski definition) is 1. The lowest BCUT2D eigenvalue weighted by Gasteiger charge is -2.15. The summed E-state index contributed by atoms with van der Waals surface area (Å²) in [6.45, 7) is 3.68. The van der Waals surface area contributed by atoms with Gasteiger partial charge in [-0.1, -0.05) is 6.07 Å². The summed E-state index contributed by atoms with van der Waals surface area (Å²) in [7, 11) is 0. The van der Waals surface area contributed by atoms with Gasteiger partial charge in [-0.05, 0) is 59.1 Å². The molecule has 0 aromatic heterocycles. The summed E-state index contributed by atoms with van der Waals surface area (Å²) in [5, 5.41) is 0. The molecule has 0 aliphatic carbocycles. The van der Waals surface area contributed by atoms with Gasteiger partial charge in [-0.15, -0.1) is 0 Å². The Morgan fingerprint density at radius 2 is 2.31 bits per heavy atom. The summed E-state index contributed by atoms with van der Waals surface area (Å²) in [4.78, 5) is 2.33. The van der Waals surface area contributed by atoms with Crippen LogP contribution in [0.1, 0.15) is 12.0 Å². The molecule has 1 aliphatic rings. The topological polar surface area (TPSA) is 29.3 Å². The van der Waals surface area contributed by atoms with E-state index in [1.807, 2.05) is 6.07 Å². The first kappa shape index (κ1) is 12.0. The smallest absolute Gasteiger partial charge is 0.137 e. The average molecular weight is 287 g/mol. The molecule has 0 bridgehead atoms. The van der Waals surface area contributed by atoms with Gasteiger partial charge in [0.15, 0.2) is 0 Å². The zero-order valence-electron chi connectivity index (χ0n) is 9.13. The van der Waals surface area contributed by atoms with Crippen LogP contribution in [0.25, 0.3) is 0 Å². The number of rotatable bonds is 3. The van der Waals surface area contributed by atoms with Crippen LogP contribution in [0.15, 0.2) is 22.7 Å². The SMILES string of the molecule is NCC1CCN(Cc2ccc(Br)c(F)c2)C1. The van der Waals surface area contributed by atoms with Gasteiger partial charge in [0.1, 0.15) is 5.82 Å². The molecule has 1 atom stereocenters. The lowest BCUT2D eigenvalue weighted by Crippen LogP contribution is -2.22. The molecule has 0 saturated carbocycles. The highest BCUT2D eigenvalue weighted by molar-refractivity contribution is 9.10. The van der Waals surface area contributed by atoms with Crippen LogP contribution < -0.4 is 5.73 Å². The lowest BCUT2D eigenvalue weighted by molar-refractivity contribution is 0.317. The Morgan fingerprint density at radius 1 is 1.50 bits per heavy atom. The van der Waals surface area contributed by atoms with Crippen molar-refractivity contribution in [1.29, 1.82) is 0 Å². The van der Waals surface area contributed by atoms with Gasteiger partial charge in [0.25, 0.3) is 0 Å². The van der Waals surface area contributed by atoms with E-state index in [9.17, 15) is 4.39 Å². The molecular formula is C12H16BrFN2. The number of hydrogen-bond acceptors (Lipinski definition) is 2. The maximum Gasteiger partial charge on any atom is 0.137 e. The molecule has 88 valence electrons. The second kappa shape index (κ2) is 5.25. The maximum absolute atomic E-state index is 13.3. The Morgan fingerprint density at radius 3 is 2.94 bits per heavy atom. The van der Waals surface area contributed by atoms with E-state index < -0.39 is 0 Å². The van der Waals surface area contributed by atoms with Crippen molar-refractivity contribution in [1.82, 2.24) is 4.90 Å². The molecule has 2 nitrogen and oxygen atoms in total. The quantitative estimate of drug-likeness (QED) is 0.924. The maximum atomic E-state index is 13.3. The summed E-state index contributed by atoms with van der Waals surface area (Å²) in [6, 6.07) is 5.32. The van der Waals surface area contributed by atoms with Gasteiger partial charge in [0, 0.05) is 13.1 Å². The fourth-order valence-electron chi connectivity index (χ4n) is 2.15.